The summed E-state index contributed by atoms with van der Waals surface area (Å²) < 4.78 is 35.7. The minimum Gasteiger partial charge on any atom is -0.496 e. The van der Waals surface area contributed by atoms with Crippen molar-refractivity contribution in [2.24, 2.45) is 0 Å². The molecule has 6 rings (SSSR count). The maximum Gasteiger partial charge on any atom is 0.134 e. The molecule has 1 aliphatic rings. The Hall–Kier alpha value is -4.67. The third-order valence-electron chi connectivity index (χ3n) is 9.26. The van der Waals surface area contributed by atoms with E-state index < -0.39 is 7.92 Å². The van der Waals surface area contributed by atoms with Gasteiger partial charge in [0.2, 0.25) is 0 Å². The fourth-order valence-corrected chi connectivity index (χ4v) is 11.0. The molecule has 0 radical (unpaired) electrons. The van der Waals surface area contributed by atoms with Gasteiger partial charge in [-0.15, -0.1) is 0 Å². The van der Waals surface area contributed by atoms with Crippen LogP contribution in [0.1, 0.15) is 41.7 Å². The van der Waals surface area contributed by atoms with Gasteiger partial charge in [-0.05, 0) is 40.4 Å². The van der Waals surface area contributed by atoms with Gasteiger partial charge in [-0.3, -0.25) is 0 Å². The zero-order chi connectivity index (χ0) is 33.6. The molecule has 1 fully saturated rings. The molecule has 1 aliphatic heterocycles. The first-order chi connectivity index (χ1) is 23.6. The summed E-state index contributed by atoms with van der Waals surface area (Å²) in [7, 11) is 9.18. The van der Waals surface area contributed by atoms with Crippen molar-refractivity contribution in [1.29, 1.82) is 0 Å². The summed E-state index contributed by atoms with van der Waals surface area (Å²) in [4.78, 5) is 0. The quantitative estimate of drug-likeness (QED) is 0.131. The van der Waals surface area contributed by atoms with Gasteiger partial charge in [0, 0.05) is 35.6 Å². The molecule has 7 heteroatoms. The van der Waals surface area contributed by atoms with E-state index in [9.17, 15) is 0 Å². The molecule has 0 aliphatic carbocycles. The molecule has 1 saturated heterocycles. The van der Waals surface area contributed by atoms with Gasteiger partial charge >= 0.3 is 0 Å². The van der Waals surface area contributed by atoms with Gasteiger partial charge in [-0.1, -0.05) is 93.2 Å². The van der Waals surface area contributed by atoms with Crippen LogP contribution in [-0.2, 0) is 0 Å². The number of ether oxygens (including phenoxy) is 6. The molecule has 48 heavy (non-hydrogen) atoms. The first-order valence-corrected chi connectivity index (χ1v) is 17.7. The van der Waals surface area contributed by atoms with Crippen LogP contribution in [0, 0.1) is 0 Å². The average Bonchev–Trinajstić information content (AvgIpc) is 3.16. The minimum absolute atomic E-state index is 0.297. The van der Waals surface area contributed by atoms with E-state index in [1.807, 2.05) is 24.3 Å². The van der Waals surface area contributed by atoms with Crippen LogP contribution in [0.25, 0.3) is 22.3 Å². The zero-order valence-corrected chi connectivity index (χ0v) is 29.4. The lowest BCUT2D eigenvalue weighted by atomic mass is 9.95. The molecule has 2 atom stereocenters. The summed E-state index contributed by atoms with van der Waals surface area (Å²) in [6, 6.07) is 36.2. The van der Waals surface area contributed by atoms with E-state index in [2.05, 4.69) is 78.9 Å². The second-order valence-electron chi connectivity index (χ2n) is 11.7. The summed E-state index contributed by atoms with van der Waals surface area (Å²) in [5.74, 6) is 4.04. The predicted octanol–water partition coefficient (Wildman–Crippen LogP) is 9.85. The van der Waals surface area contributed by atoms with Crippen LogP contribution in [0.15, 0.2) is 103 Å². The van der Waals surface area contributed by atoms with Crippen LogP contribution < -0.4 is 33.7 Å². The number of rotatable bonds is 11. The Kier molecular flexibility index (Phi) is 10.4. The number of hydrogen-bond donors (Lipinski definition) is 0. The number of methoxy groups -OCH3 is 6. The highest BCUT2D eigenvalue weighted by molar-refractivity contribution is 7.67. The molecule has 0 saturated carbocycles. The first-order valence-electron chi connectivity index (χ1n) is 16.2. The molecule has 5 aromatic rings. The second kappa shape index (κ2) is 15.0. The Labute approximate surface area is 285 Å². The van der Waals surface area contributed by atoms with Gasteiger partial charge in [-0.25, -0.2) is 0 Å². The van der Waals surface area contributed by atoms with E-state index in [0.717, 1.165) is 41.5 Å². The third kappa shape index (κ3) is 6.30. The van der Waals surface area contributed by atoms with Gasteiger partial charge in [-0.2, -0.15) is 0 Å². The highest BCUT2D eigenvalue weighted by atomic mass is 31.1. The van der Waals surface area contributed by atoms with Crippen LogP contribution in [-0.4, -0.2) is 42.7 Å². The van der Waals surface area contributed by atoms with Crippen LogP contribution in [0.2, 0.25) is 0 Å². The Morgan fingerprint density at radius 2 is 0.833 bits per heavy atom. The van der Waals surface area contributed by atoms with Crippen LogP contribution >= 0.6 is 7.92 Å². The van der Waals surface area contributed by atoms with Crippen molar-refractivity contribution < 1.29 is 28.4 Å². The fraction of sp³-hybridized carbons (Fsp3) is 0.268. The van der Waals surface area contributed by atoms with E-state index in [0.29, 0.717) is 45.8 Å². The molecule has 6 nitrogen and oxygen atoms in total. The van der Waals surface area contributed by atoms with Crippen molar-refractivity contribution in [2.75, 3.05) is 42.7 Å². The van der Waals surface area contributed by atoms with Gasteiger partial charge in [0.25, 0.3) is 0 Å². The van der Waals surface area contributed by atoms with Crippen molar-refractivity contribution >= 4 is 13.2 Å². The largest absolute Gasteiger partial charge is 0.496 e. The highest BCUT2D eigenvalue weighted by Crippen LogP contribution is 2.69. The Morgan fingerprint density at radius 1 is 0.458 bits per heavy atom. The monoisotopic (exact) mass is 662 g/mol. The maximum atomic E-state index is 6.10. The Balaban J connectivity index is 1.77. The first kappa shape index (κ1) is 33.2. The third-order valence-corrected chi connectivity index (χ3v) is 12.7. The van der Waals surface area contributed by atoms with Gasteiger partial charge in [0.05, 0.1) is 53.8 Å². The van der Waals surface area contributed by atoms with Crippen molar-refractivity contribution in [3.8, 4) is 56.8 Å². The van der Waals surface area contributed by atoms with Crippen LogP contribution in [0.4, 0.5) is 0 Å². The summed E-state index contributed by atoms with van der Waals surface area (Å²) in [6.07, 6.45) is 3.31. The average molecular weight is 663 g/mol. The van der Waals surface area contributed by atoms with Gasteiger partial charge in [0.1, 0.15) is 34.5 Å². The Bertz CT molecular complexity index is 1660. The lowest BCUT2D eigenvalue weighted by Crippen LogP contribution is -2.22. The Morgan fingerprint density at radius 3 is 1.17 bits per heavy atom. The lowest BCUT2D eigenvalue weighted by molar-refractivity contribution is 0.377. The van der Waals surface area contributed by atoms with E-state index in [1.54, 1.807) is 42.7 Å². The van der Waals surface area contributed by atoms with Crippen LogP contribution in [0.5, 0.6) is 34.5 Å². The predicted molar refractivity (Wildman–Crippen MR) is 195 cm³/mol. The van der Waals surface area contributed by atoms with E-state index >= 15 is 0 Å². The van der Waals surface area contributed by atoms with Crippen LogP contribution in [0.3, 0.4) is 0 Å². The molecular formula is C41H43O6P. The standard InChI is InChI=1S/C41H43O6P/c1-42-29-23-33(44-3)39(34(24-29)45-4)31-19-13-20-32(40-35(46-5)25-30(43-2)26-36(40)47-6)41(31)48-37(27-15-9-7-10-16-27)21-14-22-38(48)28-17-11-8-12-18-28/h7-13,15-20,23-26,37-38H,14,21-22H2,1-6H3. The topological polar surface area (TPSA) is 55.4 Å². The summed E-state index contributed by atoms with van der Waals surface area (Å²) in [6.45, 7) is 0. The molecule has 0 N–H and O–H groups in total. The van der Waals surface area contributed by atoms with Gasteiger partial charge < -0.3 is 28.4 Å². The van der Waals surface area contributed by atoms with Crippen molar-refractivity contribution in [3.05, 3.63) is 114 Å². The van der Waals surface area contributed by atoms with Crippen molar-refractivity contribution in [2.45, 2.75) is 30.6 Å². The summed E-state index contributed by atoms with van der Waals surface area (Å²) in [5, 5.41) is 1.25. The smallest absolute Gasteiger partial charge is 0.134 e. The molecule has 0 aromatic heterocycles. The molecule has 0 amide bonds. The number of hydrogen-bond acceptors (Lipinski definition) is 6. The summed E-state index contributed by atoms with van der Waals surface area (Å²) in [5.41, 5.74) is 7.18. The van der Waals surface area contributed by atoms with Crippen molar-refractivity contribution in [1.82, 2.24) is 0 Å². The lowest BCUT2D eigenvalue weighted by Gasteiger charge is -2.42. The normalized spacial score (nSPS) is 17.3. The molecule has 2 unspecified atom stereocenters. The molecule has 5 aromatic carbocycles. The van der Waals surface area contributed by atoms with E-state index in [4.69, 9.17) is 28.4 Å². The zero-order valence-electron chi connectivity index (χ0n) is 28.5. The van der Waals surface area contributed by atoms with Gasteiger partial charge in [0.15, 0.2) is 0 Å². The second-order valence-corrected chi connectivity index (χ2v) is 14.2. The fourth-order valence-electron chi connectivity index (χ4n) is 7.08. The molecule has 1 heterocycles. The molecule has 248 valence electrons. The van der Waals surface area contributed by atoms with Crippen molar-refractivity contribution in [3.63, 3.8) is 0 Å². The molecule has 0 bridgehead atoms. The molecular weight excluding hydrogens is 619 g/mol. The maximum absolute atomic E-state index is 6.10. The summed E-state index contributed by atoms with van der Waals surface area (Å²) >= 11 is 0. The SMILES string of the molecule is COc1cc(OC)c(-c2cccc(-c3c(OC)cc(OC)cc3OC)c2P2C(c3ccccc3)CCCC2c2ccccc2)c(OC)c1. The highest BCUT2D eigenvalue weighted by Gasteiger charge is 2.40. The minimum atomic E-state index is -0.912. The molecule has 0 spiro atoms. The number of benzene rings is 5. The van der Waals surface area contributed by atoms with E-state index in [-0.39, 0.29) is 0 Å². The van der Waals surface area contributed by atoms with E-state index in [1.165, 1.54) is 16.4 Å².